The van der Waals surface area contributed by atoms with Crippen LogP contribution in [0.4, 0.5) is 5.69 Å². The largest absolute Gasteiger partial charge is 0.308 e. The van der Waals surface area contributed by atoms with Crippen molar-refractivity contribution in [2.24, 2.45) is 0 Å². The fourth-order valence-corrected chi connectivity index (χ4v) is 4.50. The average molecular weight is 372 g/mol. The molecule has 26 heavy (non-hydrogen) atoms. The molecule has 0 unspecified atom stereocenters. The average Bonchev–Trinajstić information content (AvgIpc) is 2.59. The van der Waals surface area contributed by atoms with E-state index in [0.717, 1.165) is 18.5 Å². The molecule has 5 nitrogen and oxygen atoms in total. The maximum Gasteiger partial charge on any atom is 0.258 e. The number of hydrogen-bond donors (Lipinski definition) is 1. The van der Waals surface area contributed by atoms with Gasteiger partial charge in [0.05, 0.1) is 4.90 Å². The number of aryl methyl sites for hydroxylation is 2. The van der Waals surface area contributed by atoms with Gasteiger partial charge in [-0.15, -0.1) is 0 Å². The lowest BCUT2D eigenvalue weighted by Crippen LogP contribution is -2.35. The van der Waals surface area contributed by atoms with Crippen LogP contribution in [0.5, 0.6) is 0 Å². The third kappa shape index (κ3) is 3.81. The molecular formula is C20H24N2O3S. The van der Waals surface area contributed by atoms with E-state index in [4.69, 9.17) is 0 Å². The smallest absolute Gasteiger partial charge is 0.258 e. The molecule has 6 heteroatoms. The maximum absolute atomic E-state index is 12.9. The molecule has 0 saturated carbocycles. The third-order valence-corrected chi connectivity index (χ3v) is 6.08. The minimum Gasteiger partial charge on any atom is -0.308 e. The van der Waals surface area contributed by atoms with Gasteiger partial charge in [-0.2, -0.15) is 0 Å². The standard InChI is InChI=1S/C20H24N2O3S/c1-14(2)21-26(24,25)18-9-7-16(8-10-18)20(23)22-12-4-5-17-13-15(3)6-11-19(17)22/h6-11,13-14,21H,4-5,12H2,1-3H3. The second-order valence-corrected chi connectivity index (χ2v) is 8.71. The van der Waals surface area contributed by atoms with Crippen molar-refractivity contribution in [2.45, 2.75) is 44.6 Å². The molecule has 0 aromatic heterocycles. The van der Waals surface area contributed by atoms with E-state index in [2.05, 4.69) is 10.8 Å². The van der Waals surface area contributed by atoms with Crippen LogP contribution in [0.2, 0.25) is 0 Å². The monoisotopic (exact) mass is 372 g/mol. The molecule has 0 aliphatic carbocycles. The molecular weight excluding hydrogens is 348 g/mol. The summed E-state index contributed by atoms with van der Waals surface area (Å²) in [4.78, 5) is 14.9. The molecule has 3 rings (SSSR count). The molecule has 1 heterocycles. The lowest BCUT2D eigenvalue weighted by Gasteiger charge is -2.30. The van der Waals surface area contributed by atoms with Gasteiger partial charge >= 0.3 is 0 Å². The zero-order valence-electron chi connectivity index (χ0n) is 15.3. The number of amides is 1. The van der Waals surface area contributed by atoms with Gasteiger partial charge in [0.2, 0.25) is 10.0 Å². The summed E-state index contributed by atoms with van der Waals surface area (Å²) in [5, 5.41) is 0. The van der Waals surface area contributed by atoms with Crippen molar-refractivity contribution in [2.75, 3.05) is 11.4 Å². The number of nitrogens with one attached hydrogen (secondary N) is 1. The Hall–Kier alpha value is -2.18. The van der Waals surface area contributed by atoms with Crippen LogP contribution in [0.25, 0.3) is 0 Å². The lowest BCUT2D eigenvalue weighted by molar-refractivity contribution is 0.0985. The molecule has 0 spiro atoms. The summed E-state index contributed by atoms with van der Waals surface area (Å²) >= 11 is 0. The van der Waals surface area contributed by atoms with Crippen molar-refractivity contribution in [1.82, 2.24) is 4.72 Å². The second kappa shape index (κ2) is 7.21. The summed E-state index contributed by atoms with van der Waals surface area (Å²) in [6.07, 6.45) is 1.89. The van der Waals surface area contributed by atoms with Crippen molar-refractivity contribution in [3.8, 4) is 0 Å². The first-order valence-electron chi connectivity index (χ1n) is 8.82. The molecule has 1 aliphatic heterocycles. The molecule has 138 valence electrons. The van der Waals surface area contributed by atoms with Crippen LogP contribution in [0.3, 0.4) is 0 Å². The van der Waals surface area contributed by atoms with Crippen molar-refractivity contribution in [1.29, 1.82) is 0 Å². The predicted octanol–water partition coefficient (Wildman–Crippen LogP) is 3.27. The van der Waals surface area contributed by atoms with E-state index in [1.807, 2.05) is 19.1 Å². The molecule has 1 aliphatic rings. The SMILES string of the molecule is Cc1ccc2c(c1)CCCN2C(=O)c1ccc(S(=O)(=O)NC(C)C)cc1. The Bertz CT molecular complexity index is 919. The third-order valence-electron chi connectivity index (χ3n) is 4.40. The van der Waals surface area contributed by atoms with Gasteiger partial charge in [0.25, 0.3) is 5.91 Å². The van der Waals surface area contributed by atoms with Gasteiger partial charge in [-0.1, -0.05) is 17.7 Å². The van der Waals surface area contributed by atoms with Crippen LogP contribution in [0, 0.1) is 6.92 Å². The fourth-order valence-electron chi connectivity index (χ4n) is 3.25. The van der Waals surface area contributed by atoms with E-state index in [-0.39, 0.29) is 16.8 Å². The van der Waals surface area contributed by atoms with Crippen LogP contribution in [-0.2, 0) is 16.4 Å². The lowest BCUT2D eigenvalue weighted by atomic mass is 9.99. The number of carbonyl (C=O) groups excluding carboxylic acids is 1. The molecule has 1 amide bonds. The zero-order chi connectivity index (χ0) is 18.9. The number of nitrogens with zero attached hydrogens (tertiary/aromatic N) is 1. The van der Waals surface area contributed by atoms with E-state index >= 15 is 0 Å². The van der Waals surface area contributed by atoms with Crippen molar-refractivity contribution >= 4 is 21.6 Å². The van der Waals surface area contributed by atoms with Gasteiger partial charge in [0.1, 0.15) is 0 Å². The summed E-state index contributed by atoms with van der Waals surface area (Å²) in [6.45, 7) is 6.26. The highest BCUT2D eigenvalue weighted by molar-refractivity contribution is 7.89. The highest BCUT2D eigenvalue weighted by atomic mass is 32.2. The molecule has 0 bridgehead atoms. The number of fused-ring (bicyclic) bond motifs is 1. The van der Waals surface area contributed by atoms with Crippen LogP contribution in [0.1, 0.15) is 41.8 Å². The quantitative estimate of drug-likeness (QED) is 0.896. The van der Waals surface area contributed by atoms with E-state index in [1.165, 1.54) is 23.3 Å². The van der Waals surface area contributed by atoms with E-state index in [9.17, 15) is 13.2 Å². The van der Waals surface area contributed by atoms with Gasteiger partial charge in [0.15, 0.2) is 0 Å². The Morgan fingerprint density at radius 2 is 1.81 bits per heavy atom. The van der Waals surface area contributed by atoms with Gasteiger partial charge in [-0.25, -0.2) is 13.1 Å². The highest BCUT2D eigenvalue weighted by Crippen LogP contribution is 2.29. The van der Waals surface area contributed by atoms with Crippen LogP contribution < -0.4 is 9.62 Å². The Balaban J connectivity index is 1.86. The molecule has 2 aromatic rings. The summed E-state index contributed by atoms with van der Waals surface area (Å²) < 4.78 is 27.0. The molecule has 1 N–H and O–H groups in total. The number of carbonyl (C=O) groups is 1. The Labute approximate surface area is 155 Å². The first-order valence-corrected chi connectivity index (χ1v) is 10.3. The predicted molar refractivity (Wildman–Crippen MR) is 103 cm³/mol. The molecule has 0 fully saturated rings. The zero-order valence-corrected chi connectivity index (χ0v) is 16.1. The molecule has 0 atom stereocenters. The summed E-state index contributed by atoms with van der Waals surface area (Å²) in [6, 6.07) is 12.1. The van der Waals surface area contributed by atoms with Gasteiger partial charge < -0.3 is 4.90 Å². The van der Waals surface area contributed by atoms with E-state index in [0.29, 0.717) is 12.1 Å². The summed E-state index contributed by atoms with van der Waals surface area (Å²) in [5.41, 5.74) is 3.81. The topological polar surface area (TPSA) is 66.5 Å². The number of benzene rings is 2. The normalized spacial score (nSPS) is 14.4. The first kappa shape index (κ1) is 18.6. The summed E-state index contributed by atoms with van der Waals surface area (Å²) in [5.74, 6) is -0.101. The Morgan fingerprint density at radius 3 is 2.46 bits per heavy atom. The van der Waals surface area contributed by atoms with Gasteiger partial charge in [-0.3, -0.25) is 4.79 Å². The Kier molecular flexibility index (Phi) is 5.16. The van der Waals surface area contributed by atoms with Crippen LogP contribution >= 0.6 is 0 Å². The Morgan fingerprint density at radius 1 is 1.12 bits per heavy atom. The van der Waals surface area contributed by atoms with Crippen molar-refractivity contribution < 1.29 is 13.2 Å². The maximum atomic E-state index is 12.9. The van der Waals surface area contributed by atoms with Crippen molar-refractivity contribution in [3.63, 3.8) is 0 Å². The minimum absolute atomic E-state index is 0.101. The number of hydrogen-bond acceptors (Lipinski definition) is 3. The number of anilines is 1. The first-order chi connectivity index (χ1) is 12.3. The highest BCUT2D eigenvalue weighted by Gasteiger charge is 2.24. The molecule has 2 aromatic carbocycles. The molecule has 0 radical (unpaired) electrons. The molecule has 0 saturated heterocycles. The second-order valence-electron chi connectivity index (χ2n) is 6.99. The van der Waals surface area contributed by atoms with Crippen LogP contribution in [0.15, 0.2) is 47.4 Å². The van der Waals surface area contributed by atoms with Crippen LogP contribution in [-0.4, -0.2) is 26.9 Å². The fraction of sp³-hybridized carbons (Fsp3) is 0.350. The number of rotatable bonds is 4. The summed E-state index contributed by atoms with van der Waals surface area (Å²) in [7, 11) is -3.56. The van der Waals surface area contributed by atoms with Gasteiger partial charge in [-0.05, 0) is 69.5 Å². The number of sulfonamides is 1. The van der Waals surface area contributed by atoms with Gasteiger partial charge in [0, 0.05) is 23.8 Å². The van der Waals surface area contributed by atoms with E-state index in [1.54, 1.807) is 30.9 Å². The van der Waals surface area contributed by atoms with Crippen molar-refractivity contribution in [3.05, 3.63) is 59.2 Å². The van der Waals surface area contributed by atoms with E-state index < -0.39 is 10.0 Å². The minimum atomic E-state index is -3.56.